The van der Waals surface area contributed by atoms with Gasteiger partial charge in [0, 0.05) is 0 Å². The Bertz CT molecular complexity index is 192. The molecule has 0 saturated heterocycles. The highest BCUT2D eigenvalue weighted by Crippen LogP contribution is 1.97. The molecule has 13 heavy (non-hydrogen) atoms. The first-order valence-electron chi connectivity index (χ1n) is 2.90. The summed E-state index contributed by atoms with van der Waals surface area (Å²) in [6.45, 7) is 2.00. The predicted octanol–water partition coefficient (Wildman–Crippen LogP) is -1.52. The smallest absolute Gasteiger partial charge is 0.226 e. The third kappa shape index (κ3) is 6.44. The van der Waals surface area contributed by atoms with E-state index in [9.17, 15) is 0 Å². The van der Waals surface area contributed by atoms with Crippen LogP contribution in [-0.2, 0) is 9.90 Å². The lowest BCUT2D eigenvalue weighted by atomic mass is 10.9. The molecule has 8 heteroatoms. The number of rotatable bonds is 0. The van der Waals surface area contributed by atoms with Crippen LogP contribution in [0.15, 0.2) is 0 Å². The highest BCUT2D eigenvalue weighted by molar-refractivity contribution is 5.33. The van der Waals surface area contributed by atoms with Crippen molar-refractivity contribution < 1.29 is 9.90 Å². The molecule has 8 nitrogen and oxygen atoms in total. The van der Waals surface area contributed by atoms with Crippen LogP contribution in [0, 0.1) is 0 Å². The number of nitrogen functional groups attached to an aromatic ring is 3. The van der Waals surface area contributed by atoms with Crippen molar-refractivity contribution in [3.8, 4) is 0 Å². The first kappa shape index (κ1) is 13.6. The monoisotopic (exact) mass is 187 g/mol. The number of aromatic nitrogens is 3. The van der Waals surface area contributed by atoms with Gasteiger partial charge in [0.2, 0.25) is 17.8 Å². The maximum absolute atomic E-state index is 8.25. The molecule has 0 aromatic carbocycles. The number of carbonyl (C=O) groups excluding carboxylic acids is 1. The zero-order valence-corrected chi connectivity index (χ0v) is 7.10. The number of nitrogens with zero attached hydrogens (tertiary/aromatic N) is 3. The average Bonchev–Trinajstić information content (AvgIpc) is 2.09. The Morgan fingerprint density at radius 1 is 0.846 bits per heavy atom. The van der Waals surface area contributed by atoms with Crippen molar-refractivity contribution in [2.24, 2.45) is 0 Å². The molecule has 1 heterocycles. The molecule has 0 aliphatic carbocycles. The second-order valence-electron chi connectivity index (χ2n) is 1.41. The molecule has 0 fully saturated rings. The zero-order valence-electron chi connectivity index (χ0n) is 7.10. The molecule has 1 aromatic heterocycles. The number of hydrogen-bond donors (Lipinski definition) is 3. The van der Waals surface area contributed by atoms with Crippen LogP contribution < -0.4 is 17.2 Å². The molecule has 0 unspecified atom stereocenters. The lowest BCUT2D eigenvalue weighted by Crippen LogP contribution is -2.05. The van der Waals surface area contributed by atoms with Crippen molar-refractivity contribution in [3.63, 3.8) is 0 Å². The van der Waals surface area contributed by atoms with E-state index >= 15 is 0 Å². The van der Waals surface area contributed by atoms with Gasteiger partial charge < -0.3 is 22.0 Å². The normalized spacial score (nSPS) is 7.23. The van der Waals surface area contributed by atoms with E-state index in [0.717, 1.165) is 7.11 Å². The van der Waals surface area contributed by atoms with Crippen molar-refractivity contribution in [2.75, 3.05) is 24.3 Å². The fraction of sp³-hybridized carbons (Fsp3) is 0.200. The van der Waals surface area contributed by atoms with Gasteiger partial charge in [-0.15, -0.1) is 0 Å². The molecule has 0 saturated carbocycles. The van der Waals surface area contributed by atoms with Crippen LogP contribution in [0.1, 0.15) is 0 Å². The number of hydrogen-bond acceptors (Lipinski definition) is 7. The molecular weight excluding hydrogens is 176 g/mol. The molecule has 0 bridgehead atoms. The van der Waals surface area contributed by atoms with Crippen molar-refractivity contribution >= 4 is 24.6 Å². The van der Waals surface area contributed by atoms with Crippen LogP contribution in [0.25, 0.3) is 0 Å². The molecule has 1 rings (SSSR count). The van der Waals surface area contributed by atoms with Crippen LogP contribution in [0.4, 0.5) is 17.8 Å². The first-order chi connectivity index (χ1) is 6.18. The summed E-state index contributed by atoms with van der Waals surface area (Å²) < 4.78 is 0. The van der Waals surface area contributed by atoms with E-state index < -0.39 is 0 Å². The van der Waals surface area contributed by atoms with E-state index in [1.165, 1.54) is 0 Å². The van der Waals surface area contributed by atoms with Crippen LogP contribution in [0.2, 0.25) is 0 Å². The Labute approximate surface area is 74.8 Å². The number of nitrogens with two attached hydrogens (primary N) is 3. The van der Waals surface area contributed by atoms with Crippen LogP contribution in [0.3, 0.4) is 0 Å². The molecule has 6 N–H and O–H groups in total. The van der Waals surface area contributed by atoms with Gasteiger partial charge in [0.1, 0.15) is 6.79 Å². The largest absolute Gasteiger partial charge is 0.368 e. The van der Waals surface area contributed by atoms with Crippen LogP contribution >= 0.6 is 0 Å². The molecule has 1 aromatic rings. The van der Waals surface area contributed by atoms with Gasteiger partial charge in [-0.2, -0.15) is 15.0 Å². The third-order valence-corrected chi connectivity index (χ3v) is 0.687. The van der Waals surface area contributed by atoms with E-state index in [-0.39, 0.29) is 17.8 Å². The van der Waals surface area contributed by atoms with Gasteiger partial charge in [0.25, 0.3) is 0 Å². The SMILES string of the molecule is C=O.C[O].Nc1nc(N)nc(N)n1. The lowest BCUT2D eigenvalue weighted by molar-refractivity contribution is -0.0979. The molecule has 0 atom stereocenters. The Morgan fingerprint density at radius 3 is 1.15 bits per heavy atom. The summed E-state index contributed by atoms with van der Waals surface area (Å²) in [5, 5.41) is 8.25. The van der Waals surface area contributed by atoms with E-state index in [1.807, 2.05) is 6.79 Å². The van der Waals surface area contributed by atoms with Crippen molar-refractivity contribution in [3.05, 3.63) is 0 Å². The lowest BCUT2D eigenvalue weighted by Gasteiger charge is -1.93. The van der Waals surface area contributed by atoms with Crippen molar-refractivity contribution in [2.45, 2.75) is 0 Å². The fourth-order valence-corrected chi connectivity index (χ4v) is 0.427. The second kappa shape index (κ2) is 8.14. The van der Waals surface area contributed by atoms with Gasteiger partial charge in [-0.3, -0.25) is 0 Å². The summed E-state index contributed by atoms with van der Waals surface area (Å²) in [6.07, 6.45) is 0. The zero-order chi connectivity index (χ0) is 10.9. The summed E-state index contributed by atoms with van der Waals surface area (Å²) in [6, 6.07) is 0. The topological polar surface area (TPSA) is 154 Å². The molecule has 0 aliphatic heterocycles. The van der Waals surface area contributed by atoms with Crippen molar-refractivity contribution in [1.29, 1.82) is 0 Å². The summed E-state index contributed by atoms with van der Waals surface area (Å²) in [4.78, 5) is 18.5. The van der Waals surface area contributed by atoms with E-state index in [4.69, 9.17) is 27.1 Å². The molecule has 0 aliphatic rings. The molecule has 0 amide bonds. The predicted molar refractivity (Wildman–Crippen MR) is 46.8 cm³/mol. The van der Waals surface area contributed by atoms with Gasteiger partial charge in [0.05, 0.1) is 7.11 Å². The molecule has 73 valence electrons. The van der Waals surface area contributed by atoms with E-state index in [1.54, 1.807) is 0 Å². The summed E-state index contributed by atoms with van der Waals surface area (Å²) in [5.41, 5.74) is 15.4. The van der Waals surface area contributed by atoms with Crippen LogP contribution in [0.5, 0.6) is 0 Å². The van der Waals surface area contributed by atoms with Gasteiger partial charge in [-0.25, -0.2) is 5.11 Å². The Morgan fingerprint density at radius 2 is 1.00 bits per heavy atom. The highest BCUT2D eigenvalue weighted by atomic mass is 16.2. The third-order valence-electron chi connectivity index (χ3n) is 0.687. The minimum Gasteiger partial charge on any atom is -0.368 e. The second-order valence-corrected chi connectivity index (χ2v) is 1.41. The summed E-state index contributed by atoms with van der Waals surface area (Å²) >= 11 is 0. The summed E-state index contributed by atoms with van der Waals surface area (Å²) in [5.74, 6) is 0.125. The van der Waals surface area contributed by atoms with Gasteiger partial charge in [-0.05, 0) is 0 Å². The highest BCUT2D eigenvalue weighted by Gasteiger charge is 1.93. The Kier molecular flexibility index (Phi) is 8.53. The van der Waals surface area contributed by atoms with E-state index in [0.29, 0.717) is 0 Å². The van der Waals surface area contributed by atoms with E-state index in [2.05, 4.69) is 15.0 Å². The van der Waals surface area contributed by atoms with Gasteiger partial charge in [0.15, 0.2) is 0 Å². The first-order valence-corrected chi connectivity index (χ1v) is 2.90. The Hall–Kier alpha value is -1.96. The fourth-order valence-electron chi connectivity index (χ4n) is 0.427. The number of carbonyl (C=O) groups is 1. The summed E-state index contributed by atoms with van der Waals surface area (Å²) in [7, 11) is 0.750. The van der Waals surface area contributed by atoms with Crippen molar-refractivity contribution in [1.82, 2.24) is 15.0 Å². The van der Waals surface area contributed by atoms with Gasteiger partial charge >= 0.3 is 0 Å². The quantitative estimate of drug-likeness (QED) is 0.445. The minimum atomic E-state index is 0.0417. The van der Waals surface area contributed by atoms with Gasteiger partial charge in [-0.1, -0.05) is 0 Å². The number of anilines is 3. The molecule has 0 spiro atoms. The van der Waals surface area contributed by atoms with Crippen LogP contribution in [-0.4, -0.2) is 28.9 Å². The molecule has 1 radical (unpaired) electrons. The molecular formula is C5H11N6O2. The standard InChI is InChI=1S/C3H6N6.CH3O.CH2O/c4-1-7-2(5)9-3(6)8-1;2*1-2/h(H6,4,5,6,7,8,9);1H3;1H2. The minimum absolute atomic E-state index is 0.0417. The Balaban J connectivity index is 0. The average molecular weight is 187 g/mol. The maximum Gasteiger partial charge on any atom is 0.226 e. The maximum atomic E-state index is 8.25.